The van der Waals surface area contributed by atoms with Crippen molar-refractivity contribution in [3.63, 3.8) is 0 Å². The lowest BCUT2D eigenvalue weighted by atomic mass is 10.1. The van der Waals surface area contributed by atoms with Gasteiger partial charge in [-0.3, -0.25) is 0 Å². The molecule has 1 aromatic rings. The van der Waals surface area contributed by atoms with E-state index < -0.39 is 10.0 Å². The number of ether oxygens (including phenoxy) is 1. The van der Waals surface area contributed by atoms with Crippen LogP contribution in [0.15, 0.2) is 24.3 Å². The summed E-state index contributed by atoms with van der Waals surface area (Å²) in [5.41, 5.74) is -0.273. The summed E-state index contributed by atoms with van der Waals surface area (Å²) >= 11 is 0. The van der Waals surface area contributed by atoms with Gasteiger partial charge >= 0.3 is 0 Å². The first kappa shape index (κ1) is 17.9. The van der Waals surface area contributed by atoms with E-state index in [4.69, 9.17) is 4.74 Å². The Morgan fingerprint density at radius 1 is 1.24 bits per heavy atom. The third kappa shape index (κ3) is 6.41. The van der Waals surface area contributed by atoms with Crippen LogP contribution in [-0.2, 0) is 10.0 Å². The van der Waals surface area contributed by atoms with Crippen LogP contribution in [0.5, 0.6) is 5.75 Å². The first-order chi connectivity index (χ1) is 9.62. The van der Waals surface area contributed by atoms with Gasteiger partial charge in [0.2, 0.25) is 10.0 Å². The fourth-order valence-corrected chi connectivity index (χ4v) is 2.34. The second-order valence-electron chi connectivity index (χ2n) is 5.65. The molecule has 1 aromatic carbocycles. The average Bonchev–Trinajstić information content (AvgIpc) is 2.39. The van der Waals surface area contributed by atoms with Crippen LogP contribution >= 0.6 is 0 Å². The van der Waals surface area contributed by atoms with Crippen molar-refractivity contribution < 1.29 is 17.5 Å². The number of hydrogen-bond acceptors (Lipinski definition) is 4. The van der Waals surface area contributed by atoms with Crippen molar-refractivity contribution in [1.29, 1.82) is 0 Å². The van der Waals surface area contributed by atoms with Crippen LogP contribution in [0.2, 0.25) is 0 Å². The zero-order valence-electron chi connectivity index (χ0n) is 12.9. The Morgan fingerprint density at radius 3 is 2.33 bits per heavy atom. The van der Waals surface area contributed by atoms with Gasteiger partial charge in [-0.25, -0.2) is 17.5 Å². The second-order valence-corrected chi connectivity index (χ2v) is 7.58. The van der Waals surface area contributed by atoms with Gasteiger partial charge in [-0.05, 0) is 52.2 Å². The van der Waals surface area contributed by atoms with Crippen LogP contribution in [0.1, 0.15) is 13.8 Å². The first-order valence-corrected chi connectivity index (χ1v) is 8.31. The highest BCUT2D eigenvalue weighted by atomic mass is 32.2. The van der Waals surface area contributed by atoms with E-state index in [0.717, 1.165) is 0 Å². The highest BCUT2D eigenvalue weighted by molar-refractivity contribution is 7.89. The lowest BCUT2D eigenvalue weighted by molar-refractivity contribution is 0.198. The third-order valence-corrected chi connectivity index (χ3v) is 4.66. The van der Waals surface area contributed by atoms with E-state index in [9.17, 15) is 12.8 Å². The molecule has 0 heterocycles. The summed E-state index contributed by atoms with van der Waals surface area (Å²) < 4.78 is 44.3. The van der Waals surface area contributed by atoms with Crippen molar-refractivity contribution in [3.8, 4) is 5.75 Å². The van der Waals surface area contributed by atoms with E-state index in [1.807, 2.05) is 32.8 Å². The highest BCUT2D eigenvalue weighted by Crippen LogP contribution is 2.11. The Kier molecular flexibility index (Phi) is 6.12. The molecule has 0 amide bonds. The summed E-state index contributed by atoms with van der Waals surface area (Å²) in [4.78, 5) is 1.95. The molecule has 0 aliphatic carbocycles. The molecule has 120 valence electrons. The van der Waals surface area contributed by atoms with Crippen molar-refractivity contribution in [1.82, 2.24) is 9.62 Å². The molecule has 1 N–H and O–H groups in total. The number of rotatable bonds is 8. The van der Waals surface area contributed by atoms with Crippen LogP contribution in [0.3, 0.4) is 0 Å². The van der Waals surface area contributed by atoms with Crippen LogP contribution in [0.4, 0.5) is 4.39 Å². The number of sulfonamides is 1. The molecule has 5 nitrogen and oxygen atoms in total. The van der Waals surface area contributed by atoms with Gasteiger partial charge in [-0.15, -0.1) is 0 Å². The van der Waals surface area contributed by atoms with Gasteiger partial charge in [0.25, 0.3) is 0 Å². The molecule has 0 saturated heterocycles. The Hall–Kier alpha value is -1.18. The lowest BCUT2D eigenvalue weighted by Crippen LogP contribution is -2.48. The molecular weight excluding hydrogens is 295 g/mol. The molecule has 7 heteroatoms. The van der Waals surface area contributed by atoms with E-state index >= 15 is 0 Å². The highest BCUT2D eigenvalue weighted by Gasteiger charge is 2.23. The van der Waals surface area contributed by atoms with E-state index in [1.54, 1.807) is 0 Å². The van der Waals surface area contributed by atoms with Gasteiger partial charge in [-0.2, -0.15) is 0 Å². The van der Waals surface area contributed by atoms with Crippen LogP contribution in [-0.4, -0.2) is 51.9 Å². The van der Waals surface area contributed by atoms with Crippen molar-refractivity contribution in [2.45, 2.75) is 19.4 Å². The largest absolute Gasteiger partial charge is 0.492 e. The van der Waals surface area contributed by atoms with E-state index in [1.165, 1.54) is 24.3 Å². The molecule has 0 aromatic heterocycles. The standard InChI is InChI=1S/C14H23FN2O3S/c1-14(2,17(3)4)11-16-21(18,19)10-9-20-13-7-5-12(15)6-8-13/h5-8,16H,9-11H2,1-4H3. The third-order valence-electron chi connectivity index (χ3n) is 3.37. The van der Waals surface area contributed by atoms with Crippen molar-refractivity contribution in [2.75, 3.05) is 33.0 Å². The minimum absolute atomic E-state index is 0.0172. The maximum Gasteiger partial charge on any atom is 0.215 e. The molecule has 0 fully saturated rings. The molecule has 0 spiro atoms. The molecule has 0 radical (unpaired) electrons. The number of likely N-dealkylation sites (N-methyl/N-ethyl adjacent to an activating group) is 1. The zero-order chi connectivity index (χ0) is 16.1. The van der Waals surface area contributed by atoms with E-state index in [2.05, 4.69) is 4.72 Å². The number of nitrogens with zero attached hydrogens (tertiary/aromatic N) is 1. The number of benzene rings is 1. The zero-order valence-corrected chi connectivity index (χ0v) is 13.7. The topological polar surface area (TPSA) is 58.6 Å². The quantitative estimate of drug-likeness (QED) is 0.788. The Balaban J connectivity index is 2.41. The van der Waals surface area contributed by atoms with Gasteiger partial charge in [0.15, 0.2) is 0 Å². The van der Waals surface area contributed by atoms with Crippen molar-refractivity contribution >= 4 is 10.0 Å². The molecule has 0 aliphatic heterocycles. The summed E-state index contributed by atoms with van der Waals surface area (Å²) in [6, 6.07) is 5.46. The Morgan fingerprint density at radius 2 is 1.81 bits per heavy atom. The molecule has 0 unspecified atom stereocenters. The molecule has 0 saturated carbocycles. The SMILES string of the molecule is CN(C)C(C)(C)CNS(=O)(=O)CCOc1ccc(F)cc1. The van der Waals surface area contributed by atoms with Gasteiger partial charge in [0, 0.05) is 12.1 Å². The predicted molar refractivity (Wildman–Crippen MR) is 81.5 cm³/mol. The van der Waals surface area contributed by atoms with Gasteiger partial charge in [-0.1, -0.05) is 0 Å². The molecule has 1 rings (SSSR count). The second kappa shape index (κ2) is 7.20. The van der Waals surface area contributed by atoms with E-state index in [-0.39, 0.29) is 23.7 Å². The monoisotopic (exact) mass is 318 g/mol. The van der Waals surface area contributed by atoms with E-state index in [0.29, 0.717) is 12.3 Å². The first-order valence-electron chi connectivity index (χ1n) is 6.65. The molecule has 0 atom stereocenters. The molecule has 21 heavy (non-hydrogen) atoms. The minimum atomic E-state index is -3.40. The van der Waals surface area contributed by atoms with Crippen LogP contribution in [0.25, 0.3) is 0 Å². The lowest BCUT2D eigenvalue weighted by Gasteiger charge is -2.32. The van der Waals surface area contributed by atoms with Crippen LogP contribution < -0.4 is 9.46 Å². The maximum absolute atomic E-state index is 12.7. The Labute approximate surface area is 126 Å². The van der Waals surface area contributed by atoms with Gasteiger partial charge < -0.3 is 9.64 Å². The smallest absolute Gasteiger partial charge is 0.215 e. The number of hydrogen-bond donors (Lipinski definition) is 1. The van der Waals surface area contributed by atoms with Crippen molar-refractivity contribution in [2.24, 2.45) is 0 Å². The summed E-state index contributed by atoms with van der Waals surface area (Å²) in [6.45, 7) is 4.23. The molecule has 0 aliphatic rings. The number of nitrogens with one attached hydrogen (secondary N) is 1. The number of halogens is 1. The fraction of sp³-hybridized carbons (Fsp3) is 0.571. The summed E-state index contributed by atoms with van der Waals surface area (Å²) in [7, 11) is 0.387. The molecular formula is C14H23FN2O3S. The average molecular weight is 318 g/mol. The minimum Gasteiger partial charge on any atom is -0.492 e. The molecule has 0 bridgehead atoms. The normalized spacial score (nSPS) is 12.7. The van der Waals surface area contributed by atoms with Gasteiger partial charge in [0.1, 0.15) is 18.2 Å². The Bertz CT molecular complexity index is 542. The summed E-state index contributed by atoms with van der Waals surface area (Å²) in [5.74, 6) is -0.0591. The fourth-order valence-electron chi connectivity index (χ4n) is 1.32. The van der Waals surface area contributed by atoms with Gasteiger partial charge in [0.05, 0.1) is 5.75 Å². The van der Waals surface area contributed by atoms with Crippen molar-refractivity contribution in [3.05, 3.63) is 30.1 Å². The van der Waals surface area contributed by atoms with Crippen LogP contribution in [0, 0.1) is 5.82 Å². The maximum atomic E-state index is 12.7. The predicted octanol–water partition coefficient (Wildman–Crippen LogP) is 1.46. The summed E-state index contributed by atoms with van der Waals surface area (Å²) in [5, 5.41) is 0. The summed E-state index contributed by atoms with van der Waals surface area (Å²) in [6.07, 6.45) is 0.